The van der Waals surface area contributed by atoms with Crippen LogP contribution in [0.15, 0.2) is 11.8 Å². The van der Waals surface area contributed by atoms with E-state index in [1.807, 2.05) is 6.92 Å². The Morgan fingerprint density at radius 2 is 2.42 bits per heavy atom. The number of ether oxygens (including phenoxy) is 2. The van der Waals surface area contributed by atoms with Crippen molar-refractivity contribution in [3.63, 3.8) is 0 Å². The smallest absolute Gasteiger partial charge is 0.0876 e. The van der Waals surface area contributed by atoms with Gasteiger partial charge in [0.05, 0.1) is 25.0 Å². The minimum absolute atomic E-state index is 0.0182. The average molecular weight is 171 g/mol. The van der Waals surface area contributed by atoms with E-state index < -0.39 is 0 Å². The molecule has 2 N–H and O–H groups in total. The number of methoxy groups -OCH3 is 1. The number of rotatable bonds is 3. The van der Waals surface area contributed by atoms with E-state index in [1.165, 1.54) is 0 Å². The molecule has 0 amide bonds. The topological polar surface area (TPSA) is 44.5 Å². The summed E-state index contributed by atoms with van der Waals surface area (Å²) in [6.07, 6.45) is 3.95. The van der Waals surface area contributed by atoms with Crippen LogP contribution in [0.3, 0.4) is 0 Å². The molecule has 0 aromatic carbocycles. The summed E-state index contributed by atoms with van der Waals surface area (Å²) in [6, 6.07) is -0.0182. The normalized spacial score (nSPS) is 22.4. The molecule has 0 bridgehead atoms. The third-order valence-corrected chi connectivity index (χ3v) is 2.27. The molecule has 1 heterocycles. The van der Waals surface area contributed by atoms with Crippen LogP contribution in [0.4, 0.5) is 0 Å². The Kier molecular flexibility index (Phi) is 3.56. The molecule has 3 heteroatoms. The van der Waals surface area contributed by atoms with Gasteiger partial charge in [-0.05, 0) is 25.3 Å². The maximum atomic E-state index is 5.93. The van der Waals surface area contributed by atoms with Crippen LogP contribution >= 0.6 is 0 Å². The molecule has 2 atom stereocenters. The van der Waals surface area contributed by atoms with E-state index in [1.54, 1.807) is 13.4 Å². The van der Waals surface area contributed by atoms with E-state index in [2.05, 4.69) is 0 Å². The van der Waals surface area contributed by atoms with Crippen molar-refractivity contribution in [2.24, 2.45) is 5.73 Å². The quantitative estimate of drug-likeness (QED) is 0.690. The Morgan fingerprint density at radius 1 is 1.67 bits per heavy atom. The maximum Gasteiger partial charge on any atom is 0.0876 e. The molecule has 2 unspecified atom stereocenters. The summed E-state index contributed by atoms with van der Waals surface area (Å²) in [5.41, 5.74) is 7.09. The number of nitrogens with two attached hydrogens (primary N) is 1. The van der Waals surface area contributed by atoms with Crippen molar-refractivity contribution in [1.29, 1.82) is 0 Å². The molecule has 1 rings (SSSR count). The third-order valence-electron chi connectivity index (χ3n) is 2.27. The molecule has 0 saturated carbocycles. The van der Waals surface area contributed by atoms with Gasteiger partial charge in [0, 0.05) is 7.11 Å². The van der Waals surface area contributed by atoms with Crippen molar-refractivity contribution in [2.75, 3.05) is 13.7 Å². The predicted octanol–water partition coefficient (Wildman–Crippen LogP) is 1.04. The zero-order valence-corrected chi connectivity index (χ0v) is 7.75. The first-order valence-corrected chi connectivity index (χ1v) is 4.34. The van der Waals surface area contributed by atoms with Gasteiger partial charge in [-0.3, -0.25) is 0 Å². The summed E-state index contributed by atoms with van der Waals surface area (Å²) in [7, 11) is 1.68. The Bertz CT molecular complexity index is 168. The fourth-order valence-corrected chi connectivity index (χ4v) is 1.28. The van der Waals surface area contributed by atoms with Gasteiger partial charge in [0.25, 0.3) is 0 Å². The van der Waals surface area contributed by atoms with E-state index in [9.17, 15) is 0 Å². The third kappa shape index (κ3) is 2.22. The predicted molar refractivity (Wildman–Crippen MR) is 47.7 cm³/mol. The minimum Gasteiger partial charge on any atom is -0.501 e. The Morgan fingerprint density at radius 3 is 2.92 bits per heavy atom. The highest BCUT2D eigenvalue weighted by Crippen LogP contribution is 2.17. The highest BCUT2D eigenvalue weighted by Gasteiger charge is 2.18. The van der Waals surface area contributed by atoms with Crippen LogP contribution in [0.5, 0.6) is 0 Å². The molecule has 0 aromatic rings. The van der Waals surface area contributed by atoms with Crippen molar-refractivity contribution in [2.45, 2.75) is 31.9 Å². The lowest BCUT2D eigenvalue weighted by Crippen LogP contribution is -2.36. The van der Waals surface area contributed by atoms with Gasteiger partial charge in [-0.1, -0.05) is 0 Å². The second-order valence-electron chi connectivity index (χ2n) is 3.13. The fraction of sp³-hybridized carbons (Fsp3) is 0.778. The zero-order chi connectivity index (χ0) is 8.97. The molecule has 0 aromatic heterocycles. The van der Waals surface area contributed by atoms with Crippen molar-refractivity contribution >= 4 is 0 Å². The van der Waals surface area contributed by atoms with Gasteiger partial charge < -0.3 is 15.2 Å². The van der Waals surface area contributed by atoms with Gasteiger partial charge in [-0.25, -0.2) is 0 Å². The molecule has 70 valence electrons. The molecule has 1 aliphatic rings. The van der Waals surface area contributed by atoms with Crippen LogP contribution in [0, 0.1) is 0 Å². The van der Waals surface area contributed by atoms with Crippen LogP contribution < -0.4 is 5.73 Å². The summed E-state index contributed by atoms with van der Waals surface area (Å²) in [5.74, 6) is 0. The van der Waals surface area contributed by atoms with Gasteiger partial charge in [-0.15, -0.1) is 0 Å². The highest BCUT2D eigenvalue weighted by atomic mass is 16.5. The molecule has 0 spiro atoms. The van der Waals surface area contributed by atoms with Gasteiger partial charge in [0.2, 0.25) is 0 Å². The first-order valence-electron chi connectivity index (χ1n) is 4.34. The van der Waals surface area contributed by atoms with Gasteiger partial charge in [0.1, 0.15) is 0 Å². The van der Waals surface area contributed by atoms with Gasteiger partial charge in [0.15, 0.2) is 0 Å². The van der Waals surface area contributed by atoms with E-state index in [0.29, 0.717) is 0 Å². The molecule has 1 aliphatic heterocycles. The molecule has 0 aliphatic carbocycles. The summed E-state index contributed by atoms with van der Waals surface area (Å²) < 4.78 is 10.3. The second kappa shape index (κ2) is 4.48. The van der Waals surface area contributed by atoms with Crippen LogP contribution in [-0.4, -0.2) is 25.9 Å². The largest absolute Gasteiger partial charge is 0.501 e. The van der Waals surface area contributed by atoms with E-state index >= 15 is 0 Å². The van der Waals surface area contributed by atoms with Crippen molar-refractivity contribution in [3.8, 4) is 0 Å². The van der Waals surface area contributed by atoms with E-state index in [0.717, 1.165) is 25.0 Å². The lowest BCUT2D eigenvalue weighted by Gasteiger charge is -2.23. The molecular weight excluding hydrogens is 154 g/mol. The lowest BCUT2D eigenvalue weighted by molar-refractivity contribution is 0.0999. The van der Waals surface area contributed by atoms with Crippen LogP contribution in [0.2, 0.25) is 0 Å². The average Bonchev–Trinajstić information content (AvgIpc) is 2.17. The molecule has 0 fully saturated rings. The van der Waals surface area contributed by atoms with Crippen molar-refractivity contribution < 1.29 is 9.47 Å². The maximum absolute atomic E-state index is 5.93. The number of hydrogen-bond acceptors (Lipinski definition) is 3. The molecular formula is C9H17NO2. The zero-order valence-electron chi connectivity index (χ0n) is 7.75. The van der Waals surface area contributed by atoms with Crippen LogP contribution in [-0.2, 0) is 9.47 Å². The van der Waals surface area contributed by atoms with E-state index in [4.69, 9.17) is 15.2 Å². The summed E-state index contributed by atoms with van der Waals surface area (Å²) in [6.45, 7) is 2.79. The summed E-state index contributed by atoms with van der Waals surface area (Å²) in [5, 5.41) is 0. The Labute approximate surface area is 73.5 Å². The van der Waals surface area contributed by atoms with Gasteiger partial charge >= 0.3 is 0 Å². The molecule has 3 nitrogen and oxygen atoms in total. The minimum atomic E-state index is -0.0182. The molecule has 0 radical (unpaired) electrons. The Balaban J connectivity index is 2.49. The van der Waals surface area contributed by atoms with Crippen molar-refractivity contribution in [1.82, 2.24) is 0 Å². The SMILES string of the molecule is COC(C)C(N)C1=COCCC1. The fourth-order valence-electron chi connectivity index (χ4n) is 1.28. The first kappa shape index (κ1) is 9.55. The van der Waals surface area contributed by atoms with Crippen LogP contribution in [0.25, 0.3) is 0 Å². The summed E-state index contributed by atoms with van der Waals surface area (Å²) >= 11 is 0. The summed E-state index contributed by atoms with van der Waals surface area (Å²) in [4.78, 5) is 0. The standard InChI is InChI=1S/C9H17NO2/c1-7(11-2)9(10)8-4-3-5-12-6-8/h6-7,9H,3-5,10H2,1-2H3. The highest BCUT2D eigenvalue weighted by molar-refractivity contribution is 5.10. The number of hydrogen-bond donors (Lipinski definition) is 1. The van der Waals surface area contributed by atoms with Crippen LogP contribution in [0.1, 0.15) is 19.8 Å². The second-order valence-corrected chi connectivity index (χ2v) is 3.13. The lowest BCUT2D eigenvalue weighted by atomic mass is 9.99. The molecule has 12 heavy (non-hydrogen) atoms. The first-order chi connectivity index (χ1) is 5.75. The monoisotopic (exact) mass is 171 g/mol. The van der Waals surface area contributed by atoms with Crippen molar-refractivity contribution in [3.05, 3.63) is 11.8 Å². The Hall–Kier alpha value is -0.540. The van der Waals surface area contributed by atoms with Gasteiger partial charge in [-0.2, -0.15) is 0 Å². The molecule has 0 saturated heterocycles. The van der Waals surface area contributed by atoms with E-state index in [-0.39, 0.29) is 12.1 Å².